The molecule has 0 bridgehead atoms. The average Bonchev–Trinajstić information content (AvgIpc) is 2.39. The maximum Gasteiger partial charge on any atom is 0.121 e. The maximum absolute atomic E-state index is 9.11. The summed E-state index contributed by atoms with van der Waals surface area (Å²) in [4.78, 5) is 0. The molecule has 0 fully saturated rings. The Morgan fingerprint density at radius 3 is 2.72 bits per heavy atom. The fourth-order valence-corrected chi connectivity index (χ4v) is 1.75. The standard InChI is InChI=1S/C14H20N2O2/c1-4-14(2,7-8-17)16-13-9-12(18-3)6-5-11(13)10-15/h5-6,9,16-17H,4,7-8H2,1-3H3. The van der Waals surface area contributed by atoms with Crippen LogP contribution in [-0.2, 0) is 0 Å². The third-order valence-electron chi connectivity index (χ3n) is 3.23. The number of nitriles is 1. The first-order valence-electron chi connectivity index (χ1n) is 6.05. The normalized spacial score (nSPS) is 13.5. The van der Waals surface area contributed by atoms with Crippen molar-refractivity contribution >= 4 is 5.69 Å². The summed E-state index contributed by atoms with van der Waals surface area (Å²) in [6, 6.07) is 7.46. The highest BCUT2D eigenvalue weighted by atomic mass is 16.5. The van der Waals surface area contributed by atoms with Gasteiger partial charge < -0.3 is 15.2 Å². The maximum atomic E-state index is 9.11. The minimum atomic E-state index is -0.229. The number of ether oxygens (including phenoxy) is 1. The summed E-state index contributed by atoms with van der Waals surface area (Å²) >= 11 is 0. The molecule has 4 heteroatoms. The lowest BCUT2D eigenvalue weighted by molar-refractivity contribution is 0.252. The molecule has 0 spiro atoms. The first-order valence-corrected chi connectivity index (χ1v) is 6.05. The second-order valence-corrected chi connectivity index (χ2v) is 4.54. The van der Waals surface area contributed by atoms with Gasteiger partial charge in [0, 0.05) is 18.2 Å². The van der Waals surface area contributed by atoms with E-state index in [0.717, 1.165) is 12.1 Å². The van der Waals surface area contributed by atoms with E-state index in [0.29, 0.717) is 17.7 Å². The van der Waals surface area contributed by atoms with Crippen LogP contribution in [0.25, 0.3) is 0 Å². The third-order valence-corrected chi connectivity index (χ3v) is 3.23. The largest absolute Gasteiger partial charge is 0.497 e. The molecule has 1 atom stereocenters. The molecule has 0 aromatic heterocycles. The highest BCUT2D eigenvalue weighted by molar-refractivity contribution is 5.61. The van der Waals surface area contributed by atoms with E-state index in [1.807, 2.05) is 13.0 Å². The highest BCUT2D eigenvalue weighted by Crippen LogP contribution is 2.27. The van der Waals surface area contributed by atoms with Gasteiger partial charge in [-0.2, -0.15) is 5.26 Å². The Hall–Kier alpha value is -1.73. The molecule has 1 aromatic carbocycles. The SMILES string of the molecule is CCC(C)(CCO)Nc1cc(OC)ccc1C#N. The number of anilines is 1. The van der Waals surface area contributed by atoms with Crippen molar-refractivity contribution in [2.45, 2.75) is 32.2 Å². The van der Waals surface area contributed by atoms with E-state index < -0.39 is 0 Å². The molecule has 0 amide bonds. The van der Waals surface area contributed by atoms with Crippen LogP contribution in [0.2, 0.25) is 0 Å². The van der Waals surface area contributed by atoms with Crippen LogP contribution >= 0.6 is 0 Å². The number of rotatable bonds is 6. The summed E-state index contributed by atoms with van der Waals surface area (Å²) in [5.41, 5.74) is 1.09. The number of aliphatic hydroxyl groups is 1. The van der Waals surface area contributed by atoms with Crippen molar-refractivity contribution in [1.29, 1.82) is 5.26 Å². The van der Waals surface area contributed by atoms with Crippen LogP contribution < -0.4 is 10.1 Å². The third kappa shape index (κ3) is 3.38. The van der Waals surface area contributed by atoms with Gasteiger partial charge in [0.1, 0.15) is 11.8 Å². The van der Waals surface area contributed by atoms with E-state index in [-0.39, 0.29) is 12.1 Å². The number of aliphatic hydroxyl groups excluding tert-OH is 1. The van der Waals surface area contributed by atoms with Gasteiger partial charge in [0.25, 0.3) is 0 Å². The molecule has 98 valence electrons. The lowest BCUT2D eigenvalue weighted by Crippen LogP contribution is -2.35. The van der Waals surface area contributed by atoms with Crippen molar-refractivity contribution in [1.82, 2.24) is 0 Å². The molecule has 1 rings (SSSR count). The summed E-state index contributed by atoms with van der Waals surface area (Å²) < 4.78 is 5.16. The van der Waals surface area contributed by atoms with Gasteiger partial charge in [0.15, 0.2) is 0 Å². The molecule has 18 heavy (non-hydrogen) atoms. The second-order valence-electron chi connectivity index (χ2n) is 4.54. The Morgan fingerprint density at radius 2 is 2.22 bits per heavy atom. The van der Waals surface area contributed by atoms with Gasteiger partial charge >= 0.3 is 0 Å². The summed E-state index contributed by atoms with van der Waals surface area (Å²) in [6.45, 7) is 4.20. The van der Waals surface area contributed by atoms with Crippen LogP contribution in [0.3, 0.4) is 0 Å². The van der Waals surface area contributed by atoms with Crippen molar-refractivity contribution in [2.75, 3.05) is 19.0 Å². The summed E-state index contributed by atoms with van der Waals surface area (Å²) in [5.74, 6) is 0.707. The Bertz CT molecular complexity index is 440. The molecule has 0 aliphatic rings. The van der Waals surface area contributed by atoms with E-state index in [9.17, 15) is 0 Å². The van der Waals surface area contributed by atoms with E-state index in [4.69, 9.17) is 15.1 Å². The van der Waals surface area contributed by atoms with Gasteiger partial charge in [-0.1, -0.05) is 6.92 Å². The predicted octanol–water partition coefficient (Wildman–Crippen LogP) is 2.53. The zero-order chi connectivity index (χ0) is 13.6. The highest BCUT2D eigenvalue weighted by Gasteiger charge is 2.22. The Labute approximate surface area is 108 Å². The van der Waals surface area contributed by atoms with Gasteiger partial charge in [-0.05, 0) is 31.9 Å². The van der Waals surface area contributed by atoms with E-state index in [1.54, 1.807) is 19.2 Å². The van der Waals surface area contributed by atoms with Gasteiger partial charge in [0.2, 0.25) is 0 Å². The predicted molar refractivity (Wildman–Crippen MR) is 71.7 cm³/mol. The molecule has 1 unspecified atom stereocenters. The zero-order valence-electron chi connectivity index (χ0n) is 11.2. The monoisotopic (exact) mass is 248 g/mol. The van der Waals surface area contributed by atoms with Crippen LogP contribution in [0.5, 0.6) is 5.75 Å². The topological polar surface area (TPSA) is 65.3 Å². The van der Waals surface area contributed by atoms with Crippen LogP contribution in [0.1, 0.15) is 32.3 Å². The van der Waals surface area contributed by atoms with Gasteiger partial charge in [0.05, 0.1) is 18.4 Å². The van der Waals surface area contributed by atoms with Crippen LogP contribution in [0, 0.1) is 11.3 Å². The van der Waals surface area contributed by atoms with Crippen molar-refractivity contribution in [3.8, 4) is 11.8 Å². The molecular weight excluding hydrogens is 228 g/mol. The number of benzene rings is 1. The molecule has 0 radical (unpaired) electrons. The lowest BCUT2D eigenvalue weighted by atomic mass is 9.94. The summed E-state index contributed by atoms with van der Waals surface area (Å²) in [5, 5.41) is 21.5. The fourth-order valence-electron chi connectivity index (χ4n) is 1.75. The first kappa shape index (κ1) is 14.3. The number of methoxy groups -OCH3 is 1. The molecule has 1 aromatic rings. The number of hydrogen-bond acceptors (Lipinski definition) is 4. The van der Waals surface area contributed by atoms with Crippen LogP contribution in [0.15, 0.2) is 18.2 Å². The first-order chi connectivity index (χ1) is 8.58. The Morgan fingerprint density at radius 1 is 1.50 bits per heavy atom. The second kappa shape index (κ2) is 6.27. The van der Waals surface area contributed by atoms with Crippen LogP contribution in [0.4, 0.5) is 5.69 Å². The van der Waals surface area contributed by atoms with Crippen molar-refractivity contribution < 1.29 is 9.84 Å². The Kier molecular flexibility index (Phi) is 4.99. The minimum absolute atomic E-state index is 0.114. The van der Waals surface area contributed by atoms with E-state index >= 15 is 0 Å². The molecular formula is C14H20N2O2. The number of hydrogen-bond donors (Lipinski definition) is 2. The molecule has 2 N–H and O–H groups in total. The molecule has 0 aliphatic heterocycles. The smallest absolute Gasteiger partial charge is 0.121 e. The molecule has 0 saturated heterocycles. The van der Waals surface area contributed by atoms with Crippen molar-refractivity contribution in [2.24, 2.45) is 0 Å². The average molecular weight is 248 g/mol. The van der Waals surface area contributed by atoms with E-state index in [1.165, 1.54) is 0 Å². The van der Waals surface area contributed by atoms with Crippen molar-refractivity contribution in [3.63, 3.8) is 0 Å². The molecule has 0 aliphatic carbocycles. The Balaban J connectivity index is 3.04. The summed E-state index contributed by atoms with van der Waals surface area (Å²) in [7, 11) is 1.60. The molecule has 0 saturated carbocycles. The number of nitrogens with zero attached hydrogens (tertiary/aromatic N) is 1. The number of nitrogens with one attached hydrogen (secondary N) is 1. The molecule has 4 nitrogen and oxygen atoms in total. The van der Waals surface area contributed by atoms with Crippen LogP contribution in [-0.4, -0.2) is 24.4 Å². The summed E-state index contributed by atoms with van der Waals surface area (Å²) in [6.07, 6.45) is 1.49. The lowest BCUT2D eigenvalue weighted by Gasteiger charge is -2.30. The zero-order valence-corrected chi connectivity index (χ0v) is 11.2. The van der Waals surface area contributed by atoms with Crippen molar-refractivity contribution in [3.05, 3.63) is 23.8 Å². The molecule has 0 heterocycles. The minimum Gasteiger partial charge on any atom is -0.497 e. The van der Waals surface area contributed by atoms with Gasteiger partial charge in [-0.3, -0.25) is 0 Å². The fraction of sp³-hybridized carbons (Fsp3) is 0.500. The van der Waals surface area contributed by atoms with Gasteiger partial charge in [-0.15, -0.1) is 0 Å². The van der Waals surface area contributed by atoms with E-state index in [2.05, 4.69) is 18.3 Å². The quantitative estimate of drug-likeness (QED) is 0.812. The van der Waals surface area contributed by atoms with Gasteiger partial charge in [-0.25, -0.2) is 0 Å².